The molecule has 1 heterocycles. The van der Waals surface area contributed by atoms with Crippen molar-refractivity contribution in [2.24, 2.45) is 5.92 Å². The van der Waals surface area contributed by atoms with E-state index < -0.39 is 0 Å². The molecule has 4 nitrogen and oxygen atoms in total. The number of hydrogen-bond donors (Lipinski definition) is 1. The third-order valence-corrected chi connectivity index (χ3v) is 5.78. The van der Waals surface area contributed by atoms with Gasteiger partial charge < -0.3 is 15.0 Å². The number of benzene rings is 1. The molecule has 0 atom stereocenters. The number of piperidine rings is 1. The molecule has 0 unspecified atom stereocenters. The van der Waals surface area contributed by atoms with Crippen LogP contribution in [0.3, 0.4) is 0 Å². The summed E-state index contributed by atoms with van der Waals surface area (Å²) in [6.45, 7) is 6.10. The fourth-order valence-electron chi connectivity index (χ4n) is 4.12. The number of carbonyl (C=O) groups is 1. The number of nitrogens with one attached hydrogen (secondary N) is 1. The SMILES string of the molecule is CCNCC1CCN(C(=O)CCc2cccc(OC3CCCC3)c2)CC1.Cl. The maximum atomic E-state index is 12.5. The molecule has 2 aliphatic rings. The molecule has 1 saturated carbocycles. The van der Waals surface area contributed by atoms with Gasteiger partial charge in [0.05, 0.1) is 6.10 Å². The molecule has 1 aliphatic carbocycles. The van der Waals surface area contributed by atoms with Crippen molar-refractivity contribution in [1.82, 2.24) is 10.2 Å². The highest BCUT2D eigenvalue weighted by Crippen LogP contribution is 2.25. The molecule has 1 aromatic carbocycles. The van der Waals surface area contributed by atoms with Gasteiger partial charge in [-0.15, -0.1) is 12.4 Å². The van der Waals surface area contributed by atoms with Gasteiger partial charge in [0.2, 0.25) is 5.91 Å². The van der Waals surface area contributed by atoms with Gasteiger partial charge >= 0.3 is 0 Å². The summed E-state index contributed by atoms with van der Waals surface area (Å²) in [5.74, 6) is 1.99. The van der Waals surface area contributed by atoms with E-state index in [1.807, 2.05) is 6.07 Å². The van der Waals surface area contributed by atoms with Crippen molar-refractivity contribution in [3.63, 3.8) is 0 Å². The molecule has 1 saturated heterocycles. The first-order valence-corrected chi connectivity index (χ1v) is 10.5. The lowest BCUT2D eigenvalue weighted by molar-refractivity contribution is -0.132. The highest BCUT2D eigenvalue weighted by molar-refractivity contribution is 5.85. The van der Waals surface area contributed by atoms with Crippen molar-refractivity contribution in [2.75, 3.05) is 26.2 Å². The van der Waals surface area contributed by atoms with Crippen molar-refractivity contribution in [2.45, 2.75) is 64.4 Å². The van der Waals surface area contributed by atoms with E-state index >= 15 is 0 Å². The summed E-state index contributed by atoms with van der Waals surface area (Å²) in [7, 11) is 0. The van der Waals surface area contributed by atoms with E-state index in [1.165, 1.54) is 31.2 Å². The van der Waals surface area contributed by atoms with E-state index in [0.717, 1.165) is 57.1 Å². The van der Waals surface area contributed by atoms with Crippen LogP contribution in [0.5, 0.6) is 5.75 Å². The molecule has 3 rings (SSSR count). The number of ether oxygens (including phenoxy) is 1. The first-order chi connectivity index (χ1) is 12.7. The Morgan fingerprint density at radius 1 is 1.19 bits per heavy atom. The number of nitrogens with zero attached hydrogens (tertiary/aromatic N) is 1. The predicted octanol–water partition coefficient (Wildman–Crippen LogP) is 4.21. The normalized spacial score (nSPS) is 18.3. The van der Waals surface area contributed by atoms with Gasteiger partial charge in [0.25, 0.3) is 0 Å². The summed E-state index contributed by atoms with van der Waals surface area (Å²) in [6.07, 6.45) is 8.96. The largest absolute Gasteiger partial charge is 0.490 e. The molecule has 0 radical (unpaired) electrons. The first-order valence-electron chi connectivity index (χ1n) is 10.5. The summed E-state index contributed by atoms with van der Waals surface area (Å²) < 4.78 is 6.08. The lowest BCUT2D eigenvalue weighted by atomic mass is 9.96. The van der Waals surface area contributed by atoms with Crippen LogP contribution in [-0.4, -0.2) is 43.1 Å². The lowest BCUT2D eigenvalue weighted by Gasteiger charge is -2.32. The van der Waals surface area contributed by atoms with E-state index in [4.69, 9.17) is 4.74 Å². The molecule has 5 heteroatoms. The second-order valence-electron chi connectivity index (χ2n) is 7.80. The summed E-state index contributed by atoms with van der Waals surface area (Å²) in [4.78, 5) is 14.6. The van der Waals surface area contributed by atoms with Crippen molar-refractivity contribution < 1.29 is 9.53 Å². The fraction of sp³-hybridized carbons (Fsp3) is 0.682. The summed E-state index contributed by atoms with van der Waals surface area (Å²) in [5, 5.41) is 3.42. The Bertz CT molecular complexity index is 567. The number of likely N-dealkylation sites (tertiary alicyclic amines) is 1. The quantitative estimate of drug-likeness (QED) is 0.718. The Morgan fingerprint density at radius 3 is 2.63 bits per heavy atom. The zero-order valence-corrected chi connectivity index (χ0v) is 17.4. The van der Waals surface area contributed by atoms with Crippen LogP contribution in [0.15, 0.2) is 24.3 Å². The molecule has 152 valence electrons. The zero-order valence-electron chi connectivity index (χ0n) is 16.6. The van der Waals surface area contributed by atoms with Gasteiger partial charge in [-0.3, -0.25) is 4.79 Å². The Balaban J connectivity index is 0.00000261. The van der Waals surface area contributed by atoms with Gasteiger partial charge in [0, 0.05) is 19.5 Å². The van der Waals surface area contributed by atoms with Crippen LogP contribution >= 0.6 is 12.4 Å². The zero-order chi connectivity index (χ0) is 18.2. The number of aryl methyl sites for hydroxylation is 1. The molecule has 0 spiro atoms. The van der Waals surface area contributed by atoms with Gasteiger partial charge in [0.1, 0.15) is 5.75 Å². The highest BCUT2D eigenvalue weighted by atomic mass is 35.5. The van der Waals surface area contributed by atoms with Gasteiger partial charge in [0.15, 0.2) is 0 Å². The highest BCUT2D eigenvalue weighted by Gasteiger charge is 2.22. The molecular weight excluding hydrogens is 360 g/mol. The Labute approximate surface area is 170 Å². The number of amides is 1. The number of hydrogen-bond acceptors (Lipinski definition) is 3. The first kappa shape index (κ1) is 22.0. The van der Waals surface area contributed by atoms with E-state index in [1.54, 1.807) is 0 Å². The average Bonchev–Trinajstić information content (AvgIpc) is 3.18. The van der Waals surface area contributed by atoms with Crippen molar-refractivity contribution >= 4 is 18.3 Å². The molecule has 0 bridgehead atoms. The van der Waals surface area contributed by atoms with E-state index in [-0.39, 0.29) is 12.4 Å². The molecule has 27 heavy (non-hydrogen) atoms. The van der Waals surface area contributed by atoms with E-state index in [0.29, 0.717) is 18.4 Å². The summed E-state index contributed by atoms with van der Waals surface area (Å²) in [5.41, 5.74) is 1.20. The van der Waals surface area contributed by atoms with Gasteiger partial charge in [-0.25, -0.2) is 0 Å². The van der Waals surface area contributed by atoms with Crippen molar-refractivity contribution in [1.29, 1.82) is 0 Å². The van der Waals surface area contributed by atoms with Gasteiger partial charge in [-0.2, -0.15) is 0 Å². The van der Waals surface area contributed by atoms with Crippen LogP contribution in [0.4, 0.5) is 0 Å². The third kappa shape index (κ3) is 7.00. The topological polar surface area (TPSA) is 41.6 Å². The molecule has 1 amide bonds. The smallest absolute Gasteiger partial charge is 0.222 e. The molecule has 0 aromatic heterocycles. The molecular formula is C22H35ClN2O2. The van der Waals surface area contributed by atoms with E-state index in [2.05, 4.69) is 35.3 Å². The Morgan fingerprint density at radius 2 is 1.93 bits per heavy atom. The molecule has 1 N–H and O–H groups in total. The predicted molar refractivity (Wildman–Crippen MR) is 113 cm³/mol. The van der Waals surface area contributed by atoms with Gasteiger partial charge in [-0.05, 0) is 81.6 Å². The molecule has 2 fully saturated rings. The van der Waals surface area contributed by atoms with Crippen LogP contribution in [-0.2, 0) is 11.2 Å². The summed E-state index contributed by atoms with van der Waals surface area (Å²) >= 11 is 0. The number of halogens is 1. The maximum absolute atomic E-state index is 12.5. The average molecular weight is 395 g/mol. The monoisotopic (exact) mass is 394 g/mol. The molecule has 1 aromatic rings. The second-order valence-corrected chi connectivity index (χ2v) is 7.80. The Hall–Kier alpha value is -1.26. The van der Waals surface area contributed by atoms with Crippen LogP contribution in [0.1, 0.15) is 57.4 Å². The number of carbonyl (C=O) groups excluding carboxylic acids is 1. The lowest BCUT2D eigenvalue weighted by Crippen LogP contribution is -2.40. The van der Waals surface area contributed by atoms with Crippen LogP contribution in [0, 0.1) is 5.92 Å². The van der Waals surface area contributed by atoms with Crippen LogP contribution in [0.2, 0.25) is 0 Å². The third-order valence-electron chi connectivity index (χ3n) is 5.78. The standard InChI is InChI=1S/C22H34N2O2.ClH/c1-2-23-17-19-12-14-24(15-13-19)22(25)11-10-18-6-5-9-21(16-18)26-20-7-3-4-8-20;/h5-6,9,16,19-20,23H,2-4,7-8,10-15,17H2,1H3;1H. The minimum absolute atomic E-state index is 0. The minimum atomic E-state index is 0. The van der Waals surface area contributed by atoms with Crippen LogP contribution in [0.25, 0.3) is 0 Å². The Kier molecular flexibility index (Phi) is 9.43. The van der Waals surface area contributed by atoms with Crippen molar-refractivity contribution in [3.05, 3.63) is 29.8 Å². The number of rotatable bonds is 8. The van der Waals surface area contributed by atoms with E-state index in [9.17, 15) is 4.79 Å². The van der Waals surface area contributed by atoms with Gasteiger partial charge in [-0.1, -0.05) is 19.1 Å². The minimum Gasteiger partial charge on any atom is -0.490 e. The summed E-state index contributed by atoms with van der Waals surface area (Å²) in [6, 6.07) is 8.32. The molecule has 1 aliphatic heterocycles. The van der Waals surface area contributed by atoms with Crippen LogP contribution < -0.4 is 10.1 Å². The van der Waals surface area contributed by atoms with Crippen molar-refractivity contribution in [3.8, 4) is 5.75 Å². The maximum Gasteiger partial charge on any atom is 0.222 e. The fourth-order valence-corrected chi connectivity index (χ4v) is 4.12. The second kappa shape index (κ2) is 11.6.